The molecule has 92 valence electrons. The first-order valence-corrected chi connectivity index (χ1v) is 5.22. The molecule has 0 aliphatic rings. The van der Waals surface area contributed by atoms with Crippen molar-refractivity contribution < 1.29 is 15.0 Å². The van der Waals surface area contributed by atoms with Crippen molar-refractivity contribution in [1.29, 1.82) is 0 Å². The van der Waals surface area contributed by atoms with Crippen molar-refractivity contribution in [2.75, 3.05) is 11.5 Å². The second kappa shape index (κ2) is 4.29. The first-order valence-electron chi connectivity index (χ1n) is 5.22. The summed E-state index contributed by atoms with van der Waals surface area (Å²) >= 11 is 0. The second-order valence-electron chi connectivity index (χ2n) is 3.82. The fourth-order valence-corrected chi connectivity index (χ4v) is 1.65. The van der Waals surface area contributed by atoms with Crippen LogP contribution in [0, 0.1) is 0 Å². The Kier molecular flexibility index (Phi) is 2.81. The molecule has 6 N–H and O–H groups in total. The summed E-state index contributed by atoms with van der Waals surface area (Å²) in [7, 11) is 0. The number of nitrogen functional groups attached to an aromatic ring is 2. The molecule has 0 aliphatic carbocycles. The Balaban J connectivity index is 2.62. The van der Waals surface area contributed by atoms with Crippen molar-refractivity contribution in [3.63, 3.8) is 0 Å². The van der Waals surface area contributed by atoms with Gasteiger partial charge in [-0.05, 0) is 6.07 Å². The molecule has 0 saturated heterocycles. The Labute approximate surface area is 103 Å². The molecule has 0 aromatic heterocycles. The van der Waals surface area contributed by atoms with Crippen molar-refractivity contribution in [2.24, 2.45) is 0 Å². The van der Waals surface area contributed by atoms with E-state index in [2.05, 4.69) is 0 Å². The molecule has 0 spiro atoms. The predicted octanol–water partition coefficient (Wildman–Crippen LogP) is 1.49. The maximum absolute atomic E-state index is 12.2. The number of anilines is 2. The minimum Gasteiger partial charge on any atom is -0.505 e. The van der Waals surface area contributed by atoms with E-state index in [1.165, 1.54) is 6.07 Å². The van der Waals surface area contributed by atoms with E-state index in [-0.39, 0.29) is 16.9 Å². The number of phenolic OH excluding ortho intramolecular Hbond substituents is 2. The highest BCUT2D eigenvalue weighted by atomic mass is 16.3. The van der Waals surface area contributed by atoms with Crippen molar-refractivity contribution in [1.82, 2.24) is 0 Å². The molecule has 5 heteroatoms. The number of hydrogen-bond acceptors (Lipinski definition) is 5. The average Bonchev–Trinajstić information content (AvgIpc) is 2.37. The molecule has 2 rings (SSSR count). The first kappa shape index (κ1) is 11.8. The fourth-order valence-electron chi connectivity index (χ4n) is 1.65. The molecule has 0 heterocycles. The van der Waals surface area contributed by atoms with Crippen LogP contribution in [0.15, 0.2) is 36.4 Å². The lowest BCUT2D eigenvalue weighted by Crippen LogP contribution is -2.05. The molecule has 5 nitrogen and oxygen atoms in total. The number of rotatable bonds is 2. The van der Waals surface area contributed by atoms with Crippen LogP contribution in [-0.4, -0.2) is 16.0 Å². The van der Waals surface area contributed by atoms with Crippen molar-refractivity contribution in [3.05, 3.63) is 47.5 Å². The third-order valence-electron chi connectivity index (χ3n) is 2.59. The summed E-state index contributed by atoms with van der Waals surface area (Å²) in [6, 6.07) is 9.45. The van der Waals surface area contributed by atoms with Crippen LogP contribution in [-0.2, 0) is 0 Å². The number of benzene rings is 2. The number of carbonyl (C=O) groups is 1. The summed E-state index contributed by atoms with van der Waals surface area (Å²) in [5, 5.41) is 19.5. The van der Waals surface area contributed by atoms with E-state index in [1.807, 2.05) is 0 Å². The number of nitrogens with two attached hydrogens (primary N) is 2. The zero-order valence-electron chi connectivity index (χ0n) is 9.42. The quantitative estimate of drug-likeness (QED) is 0.277. The van der Waals surface area contributed by atoms with Gasteiger partial charge in [-0.25, -0.2) is 0 Å². The van der Waals surface area contributed by atoms with E-state index in [0.717, 1.165) is 0 Å². The normalized spacial score (nSPS) is 10.2. The molecule has 0 saturated carbocycles. The zero-order chi connectivity index (χ0) is 13.3. The highest BCUT2D eigenvalue weighted by Gasteiger charge is 2.22. The molecule has 0 unspecified atom stereocenters. The maximum Gasteiger partial charge on any atom is 0.200 e. The van der Waals surface area contributed by atoms with Crippen LogP contribution in [0.2, 0.25) is 0 Å². The summed E-state index contributed by atoms with van der Waals surface area (Å²) < 4.78 is 0. The van der Waals surface area contributed by atoms with Gasteiger partial charge in [0.05, 0.1) is 11.4 Å². The summed E-state index contributed by atoms with van der Waals surface area (Å²) in [6.07, 6.45) is 0. The number of phenols is 2. The van der Waals surface area contributed by atoms with Gasteiger partial charge in [0.15, 0.2) is 11.5 Å². The Hall–Kier alpha value is -2.69. The molecule has 18 heavy (non-hydrogen) atoms. The number of aromatic hydroxyl groups is 2. The highest BCUT2D eigenvalue weighted by molar-refractivity contribution is 6.14. The predicted molar refractivity (Wildman–Crippen MR) is 68.5 cm³/mol. The van der Waals surface area contributed by atoms with Crippen LogP contribution in [0.4, 0.5) is 11.4 Å². The Morgan fingerprint density at radius 2 is 1.44 bits per heavy atom. The minimum atomic E-state index is -0.537. The van der Waals surface area contributed by atoms with Crippen molar-refractivity contribution >= 4 is 17.2 Å². The van der Waals surface area contributed by atoms with Crippen LogP contribution in [0.5, 0.6) is 11.5 Å². The van der Waals surface area contributed by atoms with Crippen molar-refractivity contribution in [2.45, 2.75) is 0 Å². The van der Waals surface area contributed by atoms with E-state index in [0.29, 0.717) is 5.56 Å². The number of ketones is 1. The number of hydrogen-bond donors (Lipinski definition) is 4. The van der Waals surface area contributed by atoms with Gasteiger partial charge in [0, 0.05) is 5.56 Å². The number of carbonyl (C=O) groups excluding carboxylic acids is 1. The zero-order valence-corrected chi connectivity index (χ0v) is 9.42. The van der Waals surface area contributed by atoms with Crippen LogP contribution >= 0.6 is 0 Å². The fraction of sp³-hybridized carbons (Fsp3) is 0. The van der Waals surface area contributed by atoms with E-state index in [9.17, 15) is 15.0 Å². The summed E-state index contributed by atoms with van der Waals surface area (Å²) in [4.78, 5) is 12.2. The molecule has 2 aromatic carbocycles. The molecule has 0 atom stereocenters. The van der Waals surface area contributed by atoms with Gasteiger partial charge in [-0.15, -0.1) is 0 Å². The van der Waals surface area contributed by atoms with Crippen LogP contribution < -0.4 is 11.5 Å². The standard InChI is InChI=1S/C13H12N2O3/c14-8-6-9(15)13(18)10(12(8)17)11(16)7-4-2-1-3-5-7/h1-6,17-18H,14-15H2. The molecule has 0 amide bonds. The molecule has 0 radical (unpaired) electrons. The monoisotopic (exact) mass is 244 g/mol. The van der Waals surface area contributed by atoms with Gasteiger partial charge in [-0.1, -0.05) is 30.3 Å². The Morgan fingerprint density at radius 3 is 1.94 bits per heavy atom. The van der Waals surface area contributed by atoms with Gasteiger partial charge in [0.25, 0.3) is 0 Å². The lowest BCUT2D eigenvalue weighted by Gasteiger charge is -2.10. The lowest BCUT2D eigenvalue weighted by atomic mass is 10.00. The molecule has 0 bridgehead atoms. The SMILES string of the molecule is Nc1cc(N)c(O)c(C(=O)c2ccccc2)c1O. The third kappa shape index (κ3) is 1.82. The molecular weight excluding hydrogens is 232 g/mol. The second-order valence-corrected chi connectivity index (χ2v) is 3.82. The third-order valence-corrected chi connectivity index (χ3v) is 2.59. The van der Waals surface area contributed by atoms with E-state index < -0.39 is 17.3 Å². The largest absolute Gasteiger partial charge is 0.505 e. The Bertz CT molecular complexity index is 583. The van der Waals surface area contributed by atoms with Crippen LogP contribution in [0.25, 0.3) is 0 Å². The van der Waals surface area contributed by atoms with E-state index in [4.69, 9.17) is 11.5 Å². The van der Waals surface area contributed by atoms with Crippen LogP contribution in [0.1, 0.15) is 15.9 Å². The van der Waals surface area contributed by atoms with Gasteiger partial charge >= 0.3 is 0 Å². The summed E-state index contributed by atoms with van der Waals surface area (Å²) in [6.45, 7) is 0. The first-order chi connectivity index (χ1) is 8.52. The molecule has 0 fully saturated rings. The molecule has 2 aromatic rings. The highest BCUT2D eigenvalue weighted by Crippen LogP contribution is 2.38. The van der Waals surface area contributed by atoms with Gasteiger partial charge in [0.2, 0.25) is 5.78 Å². The summed E-state index contributed by atoms with van der Waals surface area (Å²) in [5.41, 5.74) is 11.0. The van der Waals surface area contributed by atoms with E-state index in [1.54, 1.807) is 30.3 Å². The van der Waals surface area contributed by atoms with Gasteiger partial charge < -0.3 is 21.7 Å². The van der Waals surface area contributed by atoms with Gasteiger partial charge in [-0.3, -0.25) is 4.79 Å². The maximum atomic E-state index is 12.2. The van der Waals surface area contributed by atoms with E-state index >= 15 is 0 Å². The van der Waals surface area contributed by atoms with Gasteiger partial charge in [0.1, 0.15) is 5.56 Å². The van der Waals surface area contributed by atoms with Crippen LogP contribution in [0.3, 0.4) is 0 Å². The van der Waals surface area contributed by atoms with Gasteiger partial charge in [-0.2, -0.15) is 0 Å². The lowest BCUT2D eigenvalue weighted by molar-refractivity contribution is 0.103. The minimum absolute atomic E-state index is 0.0513. The molecule has 0 aliphatic heterocycles. The molecular formula is C13H12N2O3. The van der Waals surface area contributed by atoms with Crippen molar-refractivity contribution in [3.8, 4) is 11.5 Å². The Morgan fingerprint density at radius 1 is 0.944 bits per heavy atom. The topological polar surface area (TPSA) is 110 Å². The summed E-state index contributed by atoms with van der Waals surface area (Å²) in [5.74, 6) is -1.46. The smallest absolute Gasteiger partial charge is 0.200 e. The average molecular weight is 244 g/mol.